The third-order valence-electron chi connectivity index (χ3n) is 3.12. The minimum Gasteiger partial charge on any atom is -0.455 e. The Balaban J connectivity index is 1.70. The molecule has 1 aromatic carbocycles. The molecule has 1 fully saturated rings. The number of nitro benzene ring substituents is 1. The number of thioether (sulfide) groups is 1. The SMILES string of the molecule is O=C(CSc1ccc([N+](=O)[O-])cc1)OCC(=O)N1CCOCC1. The number of esters is 1. The predicted octanol–water partition coefficient (Wildman–Crippen LogP) is 1.09. The monoisotopic (exact) mass is 340 g/mol. The van der Waals surface area contributed by atoms with Crippen LogP contribution in [0.1, 0.15) is 0 Å². The van der Waals surface area contributed by atoms with Crippen LogP contribution < -0.4 is 0 Å². The summed E-state index contributed by atoms with van der Waals surface area (Å²) in [5.74, 6) is -0.703. The summed E-state index contributed by atoms with van der Waals surface area (Å²) >= 11 is 1.19. The Morgan fingerprint density at radius 3 is 2.52 bits per heavy atom. The fourth-order valence-corrected chi connectivity index (χ4v) is 2.59. The molecule has 23 heavy (non-hydrogen) atoms. The van der Waals surface area contributed by atoms with Crippen molar-refractivity contribution in [2.24, 2.45) is 0 Å². The summed E-state index contributed by atoms with van der Waals surface area (Å²) in [6.45, 7) is 1.73. The van der Waals surface area contributed by atoms with Crippen LogP contribution in [0.4, 0.5) is 5.69 Å². The Morgan fingerprint density at radius 2 is 1.91 bits per heavy atom. The molecule has 1 heterocycles. The summed E-state index contributed by atoms with van der Waals surface area (Å²) in [5, 5.41) is 10.5. The third-order valence-corrected chi connectivity index (χ3v) is 4.11. The van der Waals surface area contributed by atoms with Crippen molar-refractivity contribution in [2.75, 3.05) is 38.7 Å². The van der Waals surface area contributed by atoms with Gasteiger partial charge in [-0.15, -0.1) is 11.8 Å². The number of carbonyl (C=O) groups excluding carboxylic acids is 2. The minimum absolute atomic E-state index is 0.00645. The van der Waals surface area contributed by atoms with Gasteiger partial charge in [-0.1, -0.05) is 0 Å². The molecule has 1 amide bonds. The molecule has 1 aliphatic heterocycles. The van der Waals surface area contributed by atoms with E-state index in [1.807, 2.05) is 0 Å². The molecule has 0 spiro atoms. The second kappa shape index (κ2) is 8.49. The van der Waals surface area contributed by atoms with E-state index in [0.717, 1.165) is 0 Å². The van der Waals surface area contributed by atoms with E-state index in [1.165, 1.54) is 23.9 Å². The third kappa shape index (κ3) is 5.53. The van der Waals surface area contributed by atoms with Gasteiger partial charge in [0.05, 0.1) is 23.9 Å². The van der Waals surface area contributed by atoms with Crippen LogP contribution in [0.5, 0.6) is 0 Å². The largest absolute Gasteiger partial charge is 0.455 e. The average molecular weight is 340 g/mol. The van der Waals surface area contributed by atoms with Gasteiger partial charge in [-0.05, 0) is 12.1 Å². The molecule has 1 aromatic rings. The first kappa shape index (κ1) is 17.2. The first-order valence-corrected chi connectivity index (χ1v) is 7.93. The standard InChI is InChI=1S/C14H16N2O6S/c17-13(15-5-7-21-8-6-15)9-22-14(18)10-23-12-3-1-11(2-4-12)16(19)20/h1-4H,5-10H2. The molecule has 0 radical (unpaired) electrons. The highest BCUT2D eigenvalue weighted by Gasteiger charge is 2.18. The smallest absolute Gasteiger partial charge is 0.316 e. The van der Waals surface area contributed by atoms with E-state index in [1.54, 1.807) is 17.0 Å². The van der Waals surface area contributed by atoms with Gasteiger partial charge in [0, 0.05) is 30.1 Å². The van der Waals surface area contributed by atoms with Gasteiger partial charge in [0.2, 0.25) is 0 Å². The number of hydrogen-bond acceptors (Lipinski definition) is 7. The van der Waals surface area contributed by atoms with Crippen molar-refractivity contribution in [3.05, 3.63) is 34.4 Å². The Labute approximate surface area is 136 Å². The van der Waals surface area contributed by atoms with E-state index in [0.29, 0.717) is 31.2 Å². The van der Waals surface area contributed by atoms with Crippen molar-refractivity contribution in [3.63, 3.8) is 0 Å². The summed E-state index contributed by atoms with van der Waals surface area (Å²) < 4.78 is 10.1. The number of nitrogens with zero attached hydrogens (tertiary/aromatic N) is 2. The maximum Gasteiger partial charge on any atom is 0.316 e. The number of nitro groups is 1. The number of ether oxygens (including phenoxy) is 2. The Hall–Kier alpha value is -2.13. The summed E-state index contributed by atoms with van der Waals surface area (Å²) in [5.41, 5.74) is -0.00645. The Morgan fingerprint density at radius 1 is 1.26 bits per heavy atom. The quantitative estimate of drug-likeness (QED) is 0.331. The van der Waals surface area contributed by atoms with Crippen molar-refractivity contribution in [1.82, 2.24) is 4.90 Å². The molecule has 2 rings (SSSR count). The predicted molar refractivity (Wildman–Crippen MR) is 82.2 cm³/mol. The molecule has 9 heteroatoms. The second-order valence-electron chi connectivity index (χ2n) is 4.69. The summed E-state index contributed by atoms with van der Waals surface area (Å²) in [6.07, 6.45) is 0. The van der Waals surface area contributed by atoms with E-state index in [2.05, 4.69) is 0 Å². The van der Waals surface area contributed by atoms with Gasteiger partial charge in [-0.2, -0.15) is 0 Å². The molecule has 0 atom stereocenters. The Kier molecular flexibility index (Phi) is 6.36. The number of morpholine rings is 1. The van der Waals surface area contributed by atoms with Crippen LogP contribution in [0.3, 0.4) is 0 Å². The molecule has 0 N–H and O–H groups in total. The summed E-state index contributed by atoms with van der Waals surface area (Å²) in [6, 6.07) is 5.87. The first-order chi connectivity index (χ1) is 11.1. The fourth-order valence-electron chi connectivity index (χ4n) is 1.89. The molecule has 0 bridgehead atoms. The lowest BCUT2D eigenvalue weighted by molar-refractivity contribution is -0.384. The van der Waals surface area contributed by atoms with Crippen LogP contribution in [0.25, 0.3) is 0 Å². The van der Waals surface area contributed by atoms with E-state index in [-0.39, 0.29) is 24.0 Å². The molecule has 0 saturated carbocycles. The van der Waals surface area contributed by atoms with Gasteiger partial charge in [0.25, 0.3) is 11.6 Å². The number of carbonyl (C=O) groups is 2. The lowest BCUT2D eigenvalue weighted by Crippen LogP contribution is -2.42. The molecule has 0 aliphatic carbocycles. The molecule has 8 nitrogen and oxygen atoms in total. The van der Waals surface area contributed by atoms with E-state index in [9.17, 15) is 19.7 Å². The molecule has 0 unspecified atom stereocenters. The van der Waals surface area contributed by atoms with Crippen molar-refractivity contribution in [2.45, 2.75) is 4.90 Å². The van der Waals surface area contributed by atoms with Crippen LogP contribution in [-0.4, -0.2) is 60.4 Å². The summed E-state index contributed by atoms with van der Waals surface area (Å²) in [4.78, 5) is 35.8. The zero-order valence-corrected chi connectivity index (χ0v) is 13.1. The second-order valence-corrected chi connectivity index (χ2v) is 5.74. The number of amides is 1. The molecular weight excluding hydrogens is 324 g/mol. The minimum atomic E-state index is -0.505. The van der Waals surface area contributed by atoms with Crippen molar-refractivity contribution in [1.29, 1.82) is 0 Å². The number of benzene rings is 1. The van der Waals surface area contributed by atoms with Gasteiger partial charge >= 0.3 is 5.97 Å². The summed E-state index contributed by atoms with van der Waals surface area (Å²) in [7, 11) is 0. The van der Waals surface area contributed by atoms with Gasteiger partial charge in [-0.3, -0.25) is 19.7 Å². The fraction of sp³-hybridized carbons (Fsp3) is 0.429. The zero-order chi connectivity index (χ0) is 16.7. The normalized spacial score (nSPS) is 14.3. The molecule has 1 saturated heterocycles. The molecule has 0 aromatic heterocycles. The molecular formula is C14H16N2O6S. The lowest BCUT2D eigenvalue weighted by atomic mass is 10.3. The zero-order valence-electron chi connectivity index (χ0n) is 12.3. The van der Waals surface area contributed by atoms with Crippen LogP contribution in [0, 0.1) is 10.1 Å². The van der Waals surface area contributed by atoms with Gasteiger partial charge in [-0.25, -0.2) is 0 Å². The molecule has 1 aliphatic rings. The van der Waals surface area contributed by atoms with Crippen molar-refractivity contribution in [3.8, 4) is 0 Å². The lowest BCUT2D eigenvalue weighted by Gasteiger charge is -2.26. The number of rotatable bonds is 6. The van der Waals surface area contributed by atoms with Gasteiger partial charge in [0.15, 0.2) is 6.61 Å². The number of non-ortho nitro benzene ring substituents is 1. The topological polar surface area (TPSA) is 99.0 Å². The van der Waals surface area contributed by atoms with E-state index < -0.39 is 10.9 Å². The van der Waals surface area contributed by atoms with E-state index in [4.69, 9.17) is 9.47 Å². The van der Waals surface area contributed by atoms with Crippen molar-refractivity contribution >= 4 is 29.3 Å². The van der Waals surface area contributed by atoms with Crippen molar-refractivity contribution < 1.29 is 24.0 Å². The average Bonchev–Trinajstić information content (AvgIpc) is 2.59. The van der Waals surface area contributed by atoms with Crippen LogP contribution in [0.2, 0.25) is 0 Å². The van der Waals surface area contributed by atoms with Gasteiger partial charge in [0.1, 0.15) is 0 Å². The highest BCUT2D eigenvalue weighted by molar-refractivity contribution is 8.00. The van der Waals surface area contributed by atoms with Crippen LogP contribution >= 0.6 is 11.8 Å². The van der Waals surface area contributed by atoms with Gasteiger partial charge < -0.3 is 14.4 Å². The Bertz CT molecular complexity index is 571. The maximum atomic E-state index is 11.8. The van der Waals surface area contributed by atoms with E-state index >= 15 is 0 Å². The molecule has 124 valence electrons. The highest BCUT2D eigenvalue weighted by Crippen LogP contribution is 2.21. The van der Waals surface area contributed by atoms with Crippen LogP contribution in [0.15, 0.2) is 29.2 Å². The van der Waals surface area contributed by atoms with Crippen LogP contribution in [-0.2, 0) is 19.1 Å². The first-order valence-electron chi connectivity index (χ1n) is 6.94. The number of hydrogen-bond donors (Lipinski definition) is 0. The highest BCUT2D eigenvalue weighted by atomic mass is 32.2. The maximum absolute atomic E-state index is 11.8.